The Labute approximate surface area is 104 Å². The third-order valence-electron chi connectivity index (χ3n) is 2.93. The molecule has 0 atom stereocenters. The van der Waals surface area contributed by atoms with Crippen LogP contribution < -0.4 is 14.3 Å². The Kier molecular flexibility index (Phi) is 2.48. The minimum Gasteiger partial charge on any atom is -0.494 e. The second-order valence-corrected chi connectivity index (χ2v) is 3.91. The highest BCUT2D eigenvalue weighted by Crippen LogP contribution is 2.22. The Hall–Kier alpha value is -2.36. The fraction of sp³-hybridized carbons (Fsp3) is 0.143. The van der Waals surface area contributed by atoms with Crippen molar-refractivity contribution >= 4 is 22.1 Å². The van der Waals surface area contributed by atoms with Gasteiger partial charge in [-0.25, -0.2) is 4.98 Å². The van der Waals surface area contributed by atoms with Gasteiger partial charge in [-0.3, -0.25) is 4.84 Å². The van der Waals surface area contributed by atoms with Crippen LogP contribution in [0.15, 0.2) is 42.5 Å². The minimum atomic E-state index is 0.740. The second-order valence-electron chi connectivity index (χ2n) is 3.91. The molecule has 0 radical (unpaired) electrons. The Balaban J connectivity index is 2.53. The lowest BCUT2D eigenvalue weighted by Crippen LogP contribution is -2.42. The molecule has 0 saturated heterocycles. The van der Waals surface area contributed by atoms with Crippen molar-refractivity contribution in [3.63, 3.8) is 0 Å². The molecular formula is C14H13N2O2+. The molecule has 0 bridgehead atoms. The molecular weight excluding hydrogens is 228 g/mol. The van der Waals surface area contributed by atoms with Gasteiger partial charge >= 0.3 is 0 Å². The fourth-order valence-corrected chi connectivity index (χ4v) is 2.13. The third kappa shape index (κ3) is 1.46. The van der Waals surface area contributed by atoms with Crippen LogP contribution in [0.5, 0.6) is 5.75 Å². The molecule has 2 aromatic carbocycles. The Morgan fingerprint density at radius 2 is 1.72 bits per heavy atom. The zero-order valence-corrected chi connectivity index (χ0v) is 10.3. The van der Waals surface area contributed by atoms with Crippen molar-refractivity contribution in [1.29, 1.82) is 0 Å². The first-order valence-electron chi connectivity index (χ1n) is 5.67. The highest BCUT2D eigenvalue weighted by Gasteiger charge is 2.19. The van der Waals surface area contributed by atoms with Crippen molar-refractivity contribution in [2.24, 2.45) is 0 Å². The molecule has 90 valence electrons. The molecule has 1 heterocycles. The molecule has 1 aromatic heterocycles. The van der Waals surface area contributed by atoms with Crippen LogP contribution in [0, 0.1) is 0 Å². The summed E-state index contributed by atoms with van der Waals surface area (Å²) >= 11 is 0. The minimum absolute atomic E-state index is 0.740. The molecule has 3 aromatic rings. The van der Waals surface area contributed by atoms with E-state index in [1.807, 2.05) is 42.5 Å². The topological polar surface area (TPSA) is 35.2 Å². The van der Waals surface area contributed by atoms with Crippen molar-refractivity contribution in [2.45, 2.75) is 0 Å². The Morgan fingerprint density at radius 3 is 2.50 bits per heavy atom. The number of methoxy groups -OCH3 is 1. The number of benzene rings is 2. The highest BCUT2D eigenvalue weighted by molar-refractivity contribution is 5.85. The third-order valence-corrected chi connectivity index (χ3v) is 2.93. The van der Waals surface area contributed by atoms with Crippen LogP contribution in [0.25, 0.3) is 22.1 Å². The highest BCUT2D eigenvalue weighted by atomic mass is 16.6. The summed E-state index contributed by atoms with van der Waals surface area (Å²) in [6.07, 6.45) is 0. The van der Waals surface area contributed by atoms with Crippen LogP contribution in [0.3, 0.4) is 0 Å². The van der Waals surface area contributed by atoms with E-state index in [2.05, 4.69) is 4.98 Å². The summed E-state index contributed by atoms with van der Waals surface area (Å²) in [6.45, 7) is 0. The summed E-state index contributed by atoms with van der Waals surface area (Å²) in [5, 5.41) is 0. The summed E-state index contributed by atoms with van der Waals surface area (Å²) < 4.78 is 7.11. The van der Waals surface area contributed by atoms with E-state index < -0.39 is 0 Å². The number of hydrogen-bond donors (Lipinski definition) is 0. The van der Waals surface area contributed by atoms with Crippen LogP contribution >= 0.6 is 0 Å². The molecule has 3 rings (SSSR count). The van der Waals surface area contributed by atoms with Gasteiger partial charge < -0.3 is 4.74 Å². The summed E-state index contributed by atoms with van der Waals surface area (Å²) in [5.74, 6) is 0.740. The number of aromatic nitrogens is 2. The summed E-state index contributed by atoms with van der Waals surface area (Å²) in [5.41, 5.74) is 3.48. The maximum Gasteiger partial charge on any atom is 0.287 e. The van der Waals surface area contributed by atoms with Crippen molar-refractivity contribution in [1.82, 2.24) is 4.98 Å². The molecule has 4 nitrogen and oxygen atoms in total. The van der Waals surface area contributed by atoms with Crippen LogP contribution in [0.2, 0.25) is 0 Å². The van der Waals surface area contributed by atoms with E-state index in [1.54, 1.807) is 19.0 Å². The SMILES string of the molecule is COc1cccc2c1nc1ccccc1[n+]2OC. The van der Waals surface area contributed by atoms with Crippen LogP contribution in [-0.2, 0) is 0 Å². The standard InChI is InChI=1S/C14H13N2O2/c1-17-13-9-5-8-12-14(13)15-10-6-3-4-7-11(10)16(12)18-2/h3-9H,1-2H3/q+1. The first-order valence-corrected chi connectivity index (χ1v) is 5.67. The van der Waals surface area contributed by atoms with Gasteiger partial charge in [-0.15, -0.1) is 0 Å². The van der Waals surface area contributed by atoms with Gasteiger partial charge in [0.1, 0.15) is 12.6 Å². The van der Waals surface area contributed by atoms with Gasteiger partial charge in [-0.2, -0.15) is 0 Å². The van der Waals surface area contributed by atoms with E-state index in [9.17, 15) is 0 Å². The van der Waals surface area contributed by atoms with E-state index in [4.69, 9.17) is 9.57 Å². The van der Waals surface area contributed by atoms with Crippen molar-refractivity contribution in [3.05, 3.63) is 42.5 Å². The molecule has 0 N–H and O–H groups in total. The van der Waals surface area contributed by atoms with E-state index >= 15 is 0 Å². The Morgan fingerprint density at radius 1 is 0.944 bits per heavy atom. The lowest BCUT2D eigenvalue weighted by molar-refractivity contribution is -0.844. The molecule has 0 aliphatic carbocycles. The van der Waals surface area contributed by atoms with Crippen molar-refractivity contribution < 1.29 is 14.3 Å². The molecule has 0 unspecified atom stereocenters. The van der Waals surface area contributed by atoms with E-state index in [1.165, 1.54) is 0 Å². The molecule has 0 saturated carbocycles. The van der Waals surface area contributed by atoms with E-state index in [-0.39, 0.29) is 0 Å². The van der Waals surface area contributed by atoms with Crippen molar-refractivity contribution in [2.75, 3.05) is 14.2 Å². The van der Waals surface area contributed by atoms with Gasteiger partial charge in [-0.05, 0) is 12.1 Å². The molecule has 0 fully saturated rings. The zero-order valence-electron chi connectivity index (χ0n) is 10.3. The quantitative estimate of drug-likeness (QED) is 0.506. The van der Waals surface area contributed by atoms with Crippen LogP contribution in [0.1, 0.15) is 0 Å². The average molecular weight is 241 g/mol. The van der Waals surface area contributed by atoms with Gasteiger partial charge in [0.15, 0.2) is 11.3 Å². The lowest BCUT2D eigenvalue weighted by Gasteiger charge is -2.04. The molecule has 0 aliphatic rings. The normalized spacial score (nSPS) is 10.8. The summed E-state index contributed by atoms with van der Waals surface area (Å²) in [4.78, 5) is 10.1. The first kappa shape index (κ1) is 10.8. The number of rotatable bonds is 2. The van der Waals surface area contributed by atoms with Crippen molar-refractivity contribution in [3.8, 4) is 5.75 Å². The maximum atomic E-state index is 5.46. The van der Waals surface area contributed by atoms with Gasteiger partial charge in [0.25, 0.3) is 11.0 Å². The Bertz CT molecular complexity index is 725. The summed E-state index contributed by atoms with van der Waals surface area (Å²) in [7, 11) is 3.29. The molecule has 0 amide bonds. The second kappa shape index (κ2) is 4.14. The molecule has 18 heavy (non-hydrogen) atoms. The molecule has 0 aliphatic heterocycles. The van der Waals surface area contributed by atoms with Crippen LogP contribution in [-0.4, -0.2) is 19.2 Å². The van der Waals surface area contributed by atoms with E-state index in [0.29, 0.717) is 0 Å². The largest absolute Gasteiger partial charge is 0.494 e. The fourth-order valence-electron chi connectivity index (χ4n) is 2.13. The van der Waals surface area contributed by atoms with E-state index in [0.717, 1.165) is 27.8 Å². The van der Waals surface area contributed by atoms with Gasteiger partial charge in [0.2, 0.25) is 0 Å². The molecule has 0 spiro atoms. The van der Waals surface area contributed by atoms with Gasteiger partial charge in [-0.1, -0.05) is 18.2 Å². The lowest BCUT2D eigenvalue weighted by atomic mass is 10.2. The number of ether oxygens (including phenoxy) is 1. The average Bonchev–Trinajstić information content (AvgIpc) is 2.44. The zero-order chi connectivity index (χ0) is 12.5. The first-order chi connectivity index (χ1) is 8.85. The monoisotopic (exact) mass is 241 g/mol. The van der Waals surface area contributed by atoms with Crippen LogP contribution in [0.4, 0.5) is 0 Å². The number of fused-ring (bicyclic) bond motifs is 2. The molecule has 4 heteroatoms. The number of nitrogens with zero attached hydrogens (tertiary/aromatic N) is 2. The predicted molar refractivity (Wildman–Crippen MR) is 68.5 cm³/mol. The number of hydrogen-bond acceptors (Lipinski definition) is 3. The van der Waals surface area contributed by atoms with Gasteiger partial charge in [0, 0.05) is 16.9 Å². The summed E-state index contributed by atoms with van der Waals surface area (Å²) in [6, 6.07) is 13.6. The number of para-hydroxylation sites is 3. The van der Waals surface area contributed by atoms with Gasteiger partial charge in [0.05, 0.1) is 7.11 Å². The predicted octanol–water partition coefficient (Wildman–Crippen LogP) is 1.74. The maximum absolute atomic E-state index is 5.46. The smallest absolute Gasteiger partial charge is 0.287 e.